The summed E-state index contributed by atoms with van der Waals surface area (Å²) in [5.41, 5.74) is 2.54. The lowest BCUT2D eigenvalue weighted by Crippen LogP contribution is -2.38. The zero-order chi connectivity index (χ0) is 16.9. The fourth-order valence-corrected chi connectivity index (χ4v) is 3.61. The Labute approximate surface area is 142 Å². The van der Waals surface area contributed by atoms with Gasteiger partial charge in [-0.3, -0.25) is 0 Å². The summed E-state index contributed by atoms with van der Waals surface area (Å²) >= 11 is 1.80. The topological polar surface area (TPSA) is 50.8 Å². The largest absolute Gasteiger partial charge is 0.444 e. The maximum absolute atomic E-state index is 12.3. The third-order valence-corrected chi connectivity index (χ3v) is 4.77. The number of hydrogen-bond acceptors (Lipinski definition) is 5. The molecule has 1 fully saturated rings. The van der Waals surface area contributed by atoms with Gasteiger partial charge in [0.15, 0.2) is 0 Å². The molecule has 0 bridgehead atoms. The second-order valence-electron chi connectivity index (χ2n) is 6.70. The van der Waals surface area contributed by atoms with Crippen LogP contribution in [0.15, 0.2) is 35.2 Å². The minimum atomic E-state index is -0.474. The minimum Gasteiger partial charge on any atom is -0.444 e. The van der Waals surface area contributed by atoms with E-state index in [1.54, 1.807) is 23.8 Å². The van der Waals surface area contributed by atoms with Crippen LogP contribution in [0.4, 0.5) is 4.79 Å². The summed E-state index contributed by atoms with van der Waals surface area (Å²) in [5, 5.41) is 0. The van der Waals surface area contributed by atoms with E-state index in [2.05, 4.69) is 17.6 Å². The molecule has 128 valence electrons. The number of nitrogens with one attached hydrogen (secondary N) is 1. The van der Waals surface area contributed by atoms with E-state index in [0.717, 1.165) is 5.75 Å². The predicted molar refractivity (Wildman–Crippen MR) is 92.4 cm³/mol. The Morgan fingerprint density at radius 3 is 2.61 bits per heavy atom. The van der Waals surface area contributed by atoms with E-state index >= 15 is 0 Å². The smallest absolute Gasteiger partial charge is 0.410 e. The van der Waals surface area contributed by atoms with Crippen molar-refractivity contribution in [1.29, 1.82) is 0 Å². The van der Waals surface area contributed by atoms with E-state index in [1.165, 1.54) is 4.90 Å². The van der Waals surface area contributed by atoms with Crippen molar-refractivity contribution in [1.82, 2.24) is 10.4 Å². The third kappa shape index (κ3) is 5.71. The van der Waals surface area contributed by atoms with Crippen LogP contribution >= 0.6 is 11.8 Å². The molecular weight excluding hydrogens is 312 g/mol. The maximum Gasteiger partial charge on any atom is 0.410 e. The molecule has 5 nitrogen and oxygen atoms in total. The van der Waals surface area contributed by atoms with Gasteiger partial charge < -0.3 is 14.5 Å². The number of hydroxylamine groups is 1. The van der Waals surface area contributed by atoms with Crippen LogP contribution in [0.1, 0.15) is 20.8 Å². The highest BCUT2D eigenvalue weighted by molar-refractivity contribution is 7.99. The van der Waals surface area contributed by atoms with Gasteiger partial charge in [0.1, 0.15) is 5.60 Å². The molecule has 1 aromatic carbocycles. The molecule has 0 aromatic heterocycles. The van der Waals surface area contributed by atoms with Crippen LogP contribution in [0.3, 0.4) is 0 Å². The number of ether oxygens (including phenoxy) is 1. The van der Waals surface area contributed by atoms with Gasteiger partial charge in [-0.2, -0.15) is 5.48 Å². The van der Waals surface area contributed by atoms with Crippen molar-refractivity contribution in [2.24, 2.45) is 5.92 Å². The van der Waals surface area contributed by atoms with Gasteiger partial charge in [-0.25, -0.2) is 4.79 Å². The van der Waals surface area contributed by atoms with Gasteiger partial charge in [0.05, 0.1) is 13.2 Å². The molecule has 1 aliphatic heterocycles. The van der Waals surface area contributed by atoms with Crippen LogP contribution in [-0.4, -0.2) is 48.6 Å². The molecule has 1 N–H and O–H groups in total. The first-order valence-electron chi connectivity index (χ1n) is 7.83. The monoisotopic (exact) mass is 338 g/mol. The maximum atomic E-state index is 12.3. The molecule has 23 heavy (non-hydrogen) atoms. The number of carbonyl (C=O) groups is 1. The van der Waals surface area contributed by atoms with Crippen molar-refractivity contribution in [3.8, 4) is 0 Å². The molecule has 1 aliphatic rings. The number of thioether (sulfide) groups is 1. The number of benzene rings is 1. The van der Waals surface area contributed by atoms with Crippen molar-refractivity contribution < 1.29 is 14.4 Å². The van der Waals surface area contributed by atoms with Crippen LogP contribution in [-0.2, 0) is 9.57 Å². The Kier molecular flexibility index (Phi) is 6.33. The van der Waals surface area contributed by atoms with Gasteiger partial charge in [-0.05, 0) is 32.9 Å². The summed E-state index contributed by atoms with van der Waals surface area (Å²) in [6.45, 7) is 6.93. The number of hydrogen-bond donors (Lipinski definition) is 1. The average molecular weight is 338 g/mol. The Bertz CT molecular complexity index is 504. The second kappa shape index (κ2) is 8.04. The molecule has 0 radical (unpaired) electrons. The van der Waals surface area contributed by atoms with Crippen molar-refractivity contribution in [2.75, 3.05) is 26.0 Å². The molecule has 0 aliphatic carbocycles. The number of nitrogens with zero attached hydrogens (tertiary/aromatic N) is 1. The minimum absolute atomic E-state index is 0.115. The molecule has 1 aromatic rings. The van der Waals surface area contributed by atoms with Crippen molar-refractivity contribution >= 4 is 17.9 Å². The average Bonchev–Trinajstić information content (AvgIpc) is 2.88. The number of amides is 1. The van der Waals surface area contributed by atoms with Crippen LogP contribution < -0.4 is 5.48 Å². The first-order chi connectivity index (χ1) is 10.9. The molecule has 0 spiro atoms. The number of rotatable bonds is 5. The van der Waals surface area contributed by atoms with E-state index < -0.39 is 5.60 Å². The summed E-state index contributed by atoms with van der Waals surface area (Å²) in [6, 6.07) is 10.4. The Morgan fingerprint density at radius 1 is 1.30 bits per heavy atom. The SMILES string of the molecule is CONC1CN(C(=O)OC(C)(C)C)CC1CSc1ccccc1. The van der Waals surface area contributed by atoms with E-state index in [-0.39, 0.29) is 12.1 Å². The van der Waals surface area contributed by atoms with Crippen LogP contribution in [0.25, 0.3) is 0 Å². The molecule has 2 rings (SSSR count). The van der Waals surface area contributed by atoms with Gasteiger partial charge in [0.2, 0.25) is 0 Å². The van der Waals surface area contributed by atoms with E-state index in [1.807, 2.05) is 39.0 Å². The summed E-state index contributed by atoms with van der Waals surface area (Å²) in [5.74, 6) is 1.23. The standard InChI is InChI=1S/C17H26N2O3S/c1-17(2,3)22-16(20)19-10-13(15(11-19)18-21-4)12-23-14-8-6-5-7-9-14/h5-9,13,15,18H,10-12H2,1-4H3. The molecule has 1 heterocycles. The normalized spacial score (nSPS) is 21.5. The Morgan fingerprint density at radius 2 is 2.00 bits per heavy atom. The highest BCUT2D eigenvalue weighted by atomic mass is 32.2. The third-order valence-electron chi connectivity index (χ3n) is 3.57. The van der Waals surface area contributed by atoms with Gasteiger partial charge >= 0.3 is 6.09 Å². The fourth-order valence-electron chi connectivity index (χ4n) is 2.52. The first kappa shape index (κ1) is 18.1. The summed E-state index contributed by atoms with van der Waals surface area (Å²) in [6.07, 6.45) is -0.257. The molecule has 1 saturated heterocycles. The van der Waals surface area contributed by atoms with Crippen molar-refractivity contribution in [2.45, 2.75) is 37.3 Å². The van der Waals surface area contributed by atoms with Gasteiger partial charge in [-0.1, -0.05) is 18.2 Å². The summed E-state index contributed by atoms with van der Waals surface area (Å²) < 4.78 is 5.47. The molecular formula is C17H26N2O3S. The first-order valence-corrected chi connectivity index (χ1v) is 8.82. The molecule has 6 heteroatoms. The lowest BCUT2D eigenvalue weighted by Gasteiger charge is -2.24. The van der Waals surface area contributed by atoms with Gasteiger partial charge in [-0.15, -0.1) is 11.8 Å². The van der Waals surface area contributed by atoms with E-state index in [4.69, 9.17) is 9.57 Å². The lowest BCUT2D eigenvalue weighted by atomic mass is 10.1. The fraction of sp³-hybridized carbons (Fsp3) is 0.588. The van der Waals surface area contributed by atoms with Crippen LogP contribution in [0.5, 0.6) is 0 Å². The zero-order valence-electron chi connectivity index (χ0n) is 14.2. The summed E-state index contributed by atoms with van der Waals surface area (Å²) in [4.78, 5) is 20.4. The zero-order valence-corrected chi connectivity index (χ0v) is 15.1. The van der Waals surface area contributed by atoms with Gasteiger partial charge in [0, 0.05) is 29.7 Å². The Hall–Kier alpha value is -1.24. The second-order valence-corrected chi connectivity index (χ2v) is 7.79. The Balaban J connectivity index is 1.93. The van der Waals surface area contributed by atoms with Gasteiger partial charge in [0.25, 0.3) is 0 Å². The number of likely N-dealkylation sites (tertiary alicyclic amines) is 1. The summed E-state index contributed by atoms with van der Waals surface area (Å²) in [7, 11) is 1.61. The number of carbonyl (C=O) groups excluding carboxylic acids is 1. The van der Waals surface area contributed by atoms with Crippen LogP contribution in [0, 0.1) is 5.92 Å². The molecule has 2 unspecified atom stereocenters. The quantitative estimate of drug-likeness (QED) is 0.660. The molecule has 2 atom stereocenters. The van der Waals surface area contributed by atoms with Crippen LogP contribution in [0.2, 0.25) is 0 Å². The molecule has 0 saturated carbocycles. The molecule has 1 amide bonds. The van der Waals surface area contributed by atoms with Crippen molar-refractivity contribution in [3.05, 3.63) is 30.3 Å². The van der Waals surface area contributed by atoms with E-state index in [0.29, 0.717) is 19.0 Å². The highest BCUT2D eigenvalue weighted by Gasteiger charge is 2.37. The lowest BCUT2D eigenvalue weighted by molar-refractivity contribution is 0.0257. The van der Waals surface area contributed by atoms with Crippen molar-refractivity contribution in [3.63, 3.8) is 0 Å². The predicted octanol–water partition coefficient (Wildman–Crippen LogP) is 3.17. The highest BCUT2D eigenvalue weighted by Crippen LogP contribution is 2.27. The van der Waals surface area contributed by atoms with E-state index in [9.17, 15) is 4.79 Å².